The van der Waals surface area contributed by atoms with Gasteiger partial charge >= 0.3 is 12.0 Å². The van der Waals surface area contributed by atoms with Crippen LogP contribution in [0.4, 0.5) is 4.79 Å². The van der Waals surface area contributed by atoms with E-state index < -0.39 is 5.97 Å². The molecule has 0 heterocycles. The Balaban J connectivity index is 2.31. The topological polar surface area (TPSA) is 78.4 Å². The Labute approximate surface area is 125 Å². The van der Waals surface area contributed by atoms with Crippen molar-refractivity contribution in [3.63, 3.8) is 0 Å². The van der Waals surface area contributed by atoms with Crippen LogP contribution in [0.2, 0.25) is 0 Å². The molecule has 1 unspecified atom stereocenters. The second kappa shape index (κ2) is 8.29. The number of hydrogen-bond donors (Lipinski definition) is 3. The maximum absolute atomic E-state index is 11.6. The summed E-state index contributed by atoms with van der Waals surface area (Å²) in [6.45, 7) is 6.87. The van der Waals surface area contributed by atoms with Gasteiger partial charge in [0.1, 0.15) is 0 Å². The molecule has 0 radical (unpaired) electrons. The van der Waals surface area contributed by atoms with Crippen LogP contribution < -0.4 is 10.6 Å². The van der Waals surface area contributed by atoms with Crippen LogP contribution in [0.3, 0.4) is 0 Å². The van der Waals surface area contributed by atoms with Gasteiger partial charge in [-0.05, 0) is 23.0 Å². The molecule has 2 amide bonds. The summed E-state index contributed by atoms with van der Waals surface area (Å²) in [5.41, 5.74) is 2.30. The third kappa shape index (κ3) is 6.79. The number of nitrogens with one attached hydrogen (secondary N) is 2. The third-order valence-electron chi connectivity index (χ3n) is 3.23. The van der Waals surface area contributed by atoms with E-state index in [1.807, 2.05) is 12.1 Å². The molecule has 21 heavy (non-hydrogen) atoms. The van der Waals surface area contributed by atoms with Crippen LogP contribution in [0, 0.1) is 5.92 Å². The molecule has 1 aromatic carbocycles. The van der Waals surface area contributed by atoms with Crippen LogP contribution in [0.1, 0.15) is 44.2 Å². The summed E-state index contributed by atoms with van der Waals surface area (Å²) in [5.74, 6) is -0.445. The Bertz CT molecular complexity index is 469. The van der Waals surface area contributed by atoms with Crippen molar-refractivity contribution in [3.8, 4) is 0 Å². The van der Waals surface area contributed by atoms with E-state index in [-0.39, 0.29) is 18.4 Å². The molecule has 0 aliphatic rings. The van der Waals surface area contributed by atoms with Gasteiger partial charge in [0.05, 0.1) is 0 Å². The molecule has 0 bridgehead atoms. The van der Waals surface area contributed by atoms with E-state index in [1.54, 1.807) is 6.92 Å². The summed E-state index contributed by atoms with van der Waals surface area (Å²) >= 11 is 0. The summed E-state index contributed by atoms with van der Waals surface area (Å²) in [6, 6.07) is 7.86. The van der Waals surface area contributed by atoms with Crippen molar-refractivity contribution in [1.29, 1.82) is 0 Å². The quantitative estimate of drug-likeness (QED) is 0.723. The lowest BCUT2D eigenvalue weighted by molar-refractivity contribution is -0.137. The molecule has 5 nitrogen and oxygen atoms in total. The first-order valence-corrected chi connectivity index (χ1v) is 7.20. The third-order valence-corrected chi connectivity index (χ3v) is 3.23. The van der Waals surface area contributed by atoms with Crippen LogP contribution in [-0.4, -0.2) is 23.7 Å². The minimum atomic E-state index is -0.852. The van der Waals surface area contributed by atoms with Crippen LogP contribution in [0.25, 0.3) is 0 Å². The normalized spacial score (nSPS) is 12.0. The molecular formula is C16H24N2O3. The average molecular weight is 292 g/mol. The standard InChI is InChI=1S/C16H24N2O3/c1-11(2)14-6-4-13(5-7-14)10-18-16(21)17-9-12(3)8-15(19)20/h4-7,11-12H,8-10H2,1-3H3,(H,19,20)(H2,17,18,21). The lowest BCUT2D eigenvalue weighted by Gasteiger charge is -2.12. The molecule has 0 spiro atoms. The van der Waals surface area contributed by atoms with E-state index in [2.05, 4.69) is 36.6 Å². The monoisotopic (exact) mass is 292 g/mol. The lowest BCUT2D eigenvalue weighted by Crippen LogP contribution is -2.37. The number of carboxylic acid groups (broad SMARTS) is 1. The summed E-state index contributed by atoms with van der Waals surface area (Å²) in [5, 5.41) is 14.1. The molecule has 3 N–H and O–H groups in total. The highest BCUT2D eigenvalue weighted by Crippen LogP contribution is 2.14. The second-order valence-corrected chi connectivity index (χ2v) is 5.66. The van der Waals surface area contributed by atoms with Gasteiger partial charge in [0.15, 0.2) is 0 Å². The molecule has 1 aromatic rings. The summed E-state index contributed by atoms with van der Waals surface area (Å²) < 4.78 is 0. The molecule has 0 aromatic heterocycles. The number of carbonyl (C=O) groups is 2. The Morgan fingerprint density at radius 1 is 1.10 bits per heavy atom. The Hall–Kier alpha value is -2.04. The number of benzene rings is 1. The van der Waals surface area contributed by atoms with Crippen molar-refractivity contribution >= 4 is 12.0 Å². The molecular weight excluding hydrogens is 268 g/mol. The predicted octanol–water partition coefficient (Wildman–Crippen LogP) is 2.72. The molecule has 1 atom stereocenters. The van der Waals surface area contributed by atoms with Gasteiger partial charge in [0, 0.05) is 19.5 Å². The van der Waals surface area contributed by atoms with Crippen molar-refractivity contribution in [2.24, 2.45) is 5.92 Å². The van der Waals surface area contributed by atoms with Crippen LogP contribution >= 0.6 is 0 Å². The zero-order chi connectivity index (χ0) is 15.8. The molecule has 0 saturated heterocycles. The van der Waals surface area contributed by atoms with E-state index in [9.17, 15) is 9.59 Å². The minimum Gasteiger partial charge on any atom is -0.481 e. The SMILES string of the molecule is CC(CNC(=O)NCc1ccc(C(C)C)cc1)CC(=O)O. The number of amides is 2. The van der Waals surface area contributed by atoms with E-state index in [1.165, 1.54) is 5.56 Å². The van der Waals surface area contributed by atoms with Gasteiger partial charge in [-0.25, -0.2) is 4.79 Å². The highest BCUT2D eigenvalue weighted by molar-refractivity contribution is 5.74. The van der Waals surface area contributed by atoms with Gasteiger partial charge in [0.2, 0.25) is 0 Å². The first-order chi connectivity index (χ1) is 9.88. The highest BCUT2D eigenvalue weighted by atomic mass is 16.4. The molecule has 5 heteroatoms. The number of aliphatic carboxylic acids is 1. The first-order valence-electron chi connectivity index (χ1n) is 7.20. The van der Waals surface area contributed by atoms with E-state index in [0.29, 0.717) is 19.0 Å². The van der Waals surface area contributed by atoms with Crippen molar-refractivity contribution in [3.05, 3.63) is 35.4 Å². The molecule has 116 valence electrons. The predicted molar refractivity (Wildman–Crippen MR) is 82.2 cm³/mol. The second-order valence-electron chi connectivity index (χ2n) is 5.66. The average Bonchev–Trinajstić information content (AvgIpc) is 2.42. The zero-order valence-electron chi connectivity index (χ0n) is 12.8. The Morgan fingerprint density at radius 2 is 1.71 bits per heavy atom. The number of carbonyl (C=O) groups excluding carboxylic acids is 1. The summed E-state index contributed by atoms with van der Waals surface area (Å²) in [4.78, 5) is 22.1. The number of hydrogen-bond acceptors (Lipinski definition) is 2. The Kier molecular flexibility index (Phi) is 6.72. The molecule has 0 saturated carbocycles. The molecule has 0 fully saturated rings. The summed E-state index contributed by atoms with van der Waals surface area (Å²) in [7, 11) is 0. The fraction of sp³-hybridized carbons (Fsp3) is 0.500. The molecule has 0 aliphatic carbocycles. The fourth-order valence-corrected chi connectivity index (χ4v) is 1.90. The Morgan fingerprint density at radius 3 is 2.24 bits per heavy atom. The smallest absolute Gasteiger partial charge is 0.315 e. The van der Waals surface area contributed by atoms with Crippen molar-refractivity contribution in [1.82, 2.24) is 10.6 Å². The summed E-state index contributed by atoms with van der Waals surface area (Å²) in [6.07, 6.45) is 0.0525. The van der Waals surface area contributed by atoms with Crippen molar-refractivity contribution in [2.45, 2.75) is 39.7 Å². The van der Waals surface area contributed by atoms with Gasteiger partial charge in [-0.1, -0.05) is 45.0 Å². The lowest BCUT2D eigenvalue weighted by atomic mass is 10.0. The minimum absolute atomic E-state index is 0.0525. The van der Waals surface area contributed by atoms with Gasteiger partial charge < -0.3 is 15.7 Å². The maximum atomic E-state index is 11.6. The van der Waals surface area contributed by atoms with Crippen LogP contribution in [-0.2, 0) is 11.3 Å². The van der Waals surface area contributed by atoms with Gasteiger partial charge in [-0.2, -0.15) is 0 Å². The van der Waals surface area contributed by atoms with Gasteiger partial charge in [-0.15, -0.1) is 0 Å². The number of carboxylic acids is 1. The number of urea groups is 1. The van der Waals surface area contributed by atoms with Crippen molar-refractivity contribution < 1.29 is 14.7 Å². The van der Waals surface area contributed by atoms with E-state index >= 15 is 0 Å². The maximum Gasteiger partial charge on any atom is 0.315 e. The van der Waals surface area contributed by atoms with E-state index in [4.69, 9.17) is 5.11 Å². The van der Waals surface area contributed by atoms with Crippen molar-refractivity contribution in [2.75, 3.05) is 6.54 Å². The van der Waals surface area contributed by atoms with E-state index in [0.717, 1.165) is 5.56 Å². The van der Waals surface area contributed by atoms with Gasteiger partial charge in [0.25, 0.3) is 0 Å². The zero-order valence-corrected chi connectivity index (χ0v) is 12.8. The highest BCUT2D eigenvalue weighted by Gasteiger charge is 2.09. The molecule has 1 rings (SSSR count). The molecule has 0 aliphatic heterocycles. The number of rotatable bonds is 7. The van der Waals surface area contributed by atoms with Gasteiger partial charge in [-0.3, -0.25) is 4.79 Å². The largest absolute Gasteiger partial charge is 0.481 e. The van der Waals surface area contributed by atoms with Crippen LogP contribution in [0.5, 0.6) is 0 Å². The first kappa shape index (κ1) is 17.0. The van der Waals surface area contributed by atoms with Crippen LogP contribution in [0.15, 0.2) is 24.3 Å². The fourth-order valence-electron chi connectivity index (χ4n) is 1.90.